The normalized spacial score (nSPS) is 10.6. The van der Waals surface area contributed by atoms with Crippen molar-refractivity contribution in [1.29, 1.82) is 0 Å². The number of halogens is 1. The predicted octanol–water partition coefficient (Wildman–Crippen LogP) is 3.91. The van der Waals surface area contributed by atoms with E-state index >= 15 is 0 Å². The zero-order chi connectivity index (χ0) is 15.7. The summed E-state index contributed by atoms with van der Waals surface area (Å²) in [6.45, 7) is 0. The summed E-state index contributed by atoms with van der Waals surface area (Å²) in [5.74, 6) is 0.454. The van der Waals surface area contributed by atoms with Crippen LogP contribution in [-0.4, -0.2) is 23.9 Å². The highest BCUT2D eigenvalue weighted by molar-refractivity contribution is 9.10. The fourth-order valence-electron chi connectivity index (χ4n) is 2.41. The Bertz CT molecular complexity index is 883. The topological polar surface area (TPSA) is 48.3 Å². The van der Waals surface area contributed by atoms with E-state index in [9.17, 15) is 9.59 Å². The molecule has 4 nitrogen and oxygen atoms in total. The molecule has 0 spiro atoms. The Kier molecular flexibility index (Phi) is 3.81. The van der Waals surface area contributed by atoms with Crippen LogP contribution in [-0.2, 0) is 0 Å². The second-order valence-corrected chi connectivity index (χ2v) is 5.60. The highest BCUT2D eigenvalue weighted by Crippen LogP contribution is 2.27. The fourth-order valence-corrected chi connectivity index (χ4v) is 2.95. The molecule has 0 aliphatic carbocycles. The zero-order valence-electron chi connectivity index (χ0n) is 11.7. The number of ether oxygens (including phenoxy) is 1. The first kappa shape index (κ1) is 14.5. The number of nitrogens with zero attached hydrogens (tertiary/aromatic N) is 1. The molecule has 0 aliphatic rings. The molecular weight excluding hydrogens is 346 g/mol. The number of carbonyl (C=O) groups excluding carboxylic acids is 2. The third-order valence-electron chi connectivity index (χ3n) is 3.49. The van der Waals surface area contributed by atoms with Gasteiger partial charge in [0, 0.05) is 22.7 Å². The summed E-state index contributed by atoms with van der Waals surface area (Å²) in [6.07, 6.45) is 2.33. The number of rotatable bonds is 3. The number of fused-ring (bicyclic) bond motifs is 1. The Balaban J connectivity index is 2.13. The van der Waals surface area contributed by atoms with Crippen LogP contribution in [0.1, 0.15) is 20.7 Å². The number of aromatic nitrogens is 1. The molecule has 0 amide bonds. The van der Waals surface area contributed by atoms with Crippen molar-refractivity contribution < 1.29 is 14.3 Å². The average Bonchev–Trinajstić information content (AvgIpc) is 2.93. The maximum Gasteiger partial charge on any atom is 0.262 e. The molecule has 22 heavy (non-hydrogen) atoms. The first-order chi connectivity index (χ1) is 10.7. The molecule has 0 radical (unpaired) electrons. The zero-order valence-corrected chi connectivity index (χ0v) is 13.3. The van der Waals surface area contributed by atoms with Crippen molar-refractivity contribution in [2.45, 2.75) is 0 Å². The van der Waals surface area contributed by atoms with Crippen molar-refractivity contribution in [3.63, 3.8) is 0 Å². The molecule has 0 bridgehead atoms. The van der Waals surface area contributed by atoms with Crippen molar-refractivity contribution in [2.75, 3.05) is 7.11 Å². The van der Waals surface area contributed by atoms with Gasteiger partial charge in [-0.15, -0.1) is 0 Å². The van der Waals surface area contributed by atoms with E-state index in [1.165, 1.54) is 4.57 Å². The molecular formula is C17H12BrNO3. The molecule has 0 N–H and O–H groups in total. The fraction of sp³-hybridized carbons (Fsp3) is 0.0588. The number of benzene rings is 2. The van der Waals surface area contributed by atoms with E-state index < -0.39 is 0 Å². The number of carbonyl (C=O) groups is 2. The smallest absolute Gasteiger partial charge is 0.262 e. The van der Waals surface area contributed by atoms with Crippen LogP contribution < -0.4 is 4.74 Å². The van der Waals surface area contributed by atoms with E-state index in [1.54, 1.807) is 31.5 Å². The minimum atomic E-state index is -0.201. The Morgan fingerprint density at radius 3 is 2.68 bits per heavy atom. The first-order valence-electron chi connectivity index (χ1n) is 6.59. The quantitative estimate of drug-likeness (QED) is 0.667. The third kappa shape index (κ3) is 2.33. The van der Waals surface area contributed by atoms with Gasteiger partial charge in [0.2, 0.25) is 0 Å². The predicted molar refractivity (Wildman–Crippen MR) is 87.7 cm³/mol. The molecule has 1 heterocycles. The SMILES string of the molecule is COc1ccc(C(=O)n2cc(C=O)c3ccccc32)cc1Br. The van der Waals surface area contributed by atoms with E-state index in [1.807, 2.05) is 24.3 Å². The molecule has 0 atom stereocenters. The molecule has 0 saturated carbocycles. The van der Waals surface area contributed by atoms with Crippen LogP contribution in [0.2, 0.25) is 0 Å². The van der Waals surface area contributed by atoms with Crippen LogP contribution in [0.4, 0.5) is 0 Å². The van der Waals surface area contributed by atoms with Gasteiger partial charge in [-0.25, -0.2) is 0 Å². The molecule has 0 fully saturated rings. The van der Waals surface area contributed by atoms with Gasteiger partial charge in [0.05, 0.1) is 17.1 Å². The largest absolute Gasteiger partial charge is 0.496 e. The Morgan fingerprint density at radius 2 is 2.00 bits per heavy atom. The van der Waals surface area contributed by atoms with E-state index in [0.29, 0.717) is 26.9 Å². The van der Waals surface area contributed by atoms with Crippen molar-refractivity contribution >= 4 is 39.0 Å². The Hall–Kier alpha value is -2.40. The molecule has 3 aromatic rings. The lowest BCUT2D eigenvalue weighted by Gasteiger charge is -2.07. The minimum Gasteiger partial charge on any atom is -0.496 e. The van der Waals surface area contributed by atoms with Gasteiger partial charge in [-0.1, -0.05) is 18.2 Å². The van der Waals surface area contributed by atoms with Gasteiger partial charge in [-0.3, -0.25) is 14.2 Å². The van der Waals surface area contributed by atoms with Crippen molar-refractivity contribution in [1.82, 2.24) is 4.57 Å². The molecule has 1 aromatic heterocycles. The highest BCUT2D eigenvalue weighted by atomic mass is 79.9. The molecule has 2 aromatic carbocycles. The van der Waals surface area contributed by atoms with E-state index in [4.69, 9.17) is 4.74 Å². The van der Waals surface area contributed by atoms with Crippen molar-refractivity contribution in [3.05, 3.63) is 64.3 Å². The maximum absolute atomic E-state index is 12.7. The van der Waals surface area contributed by atoms with Crippen LogP contribution in [0.3, 0.4) is 0 Å². The van der Waals surface area contributed by atoms with Crippen molar-refractivity contribution in [3.8, 4) is 5.75 Å². The lowest BCUT2D eigenvalue weighted by atomic mass is 10.2. The molecule has 0 unspecified atom stereocenters. The molecule has 0 aliphatic heterocycles. The summed E-state index contributed by atoms with van der Waals surface area (Å²) >= 11 is 3.37. The van der Waals surface area contributed by atoms with Crippen LogP contribution >= 0.6 is 15.9 Å². The van der Waals surface area contributed by atoms with Gasteiger partial charge in [0.15, 0.2) is 6.29 Å². The Labute approximate surface area is 135 Å². The molecule has 110 valence electrons. The lowest BCUT2D eigenvalue weighted by molar-refractivity contribution is 0.0965. The first-order valence-corrected chi connectivity index (χ1v) is 7.38. The summed E-state index contributed by atoms with van der Waals surface area (Å²) in [5, 5.41) is 0.762. The van der Waals surface area contributed by atoms with Gasteiger partial charge in [0.25, 0.3) is 5.91 Å². The number of hydrogen-bond acceptors (Lipinski definition) is 3. The van der Waals surface area contributed by atoms with E-state index in [0.717, 1.165) is 11.7 Å². The number of para-hydroxylation sites is 1. The van der Waals surface area contributed by atoms with Crippen LogP contribution in [0, 0.1) is 0 Å². The summed E-state index contributed by atoms with van der Waals surface area (Å²) < 4.78 is 7.36. The summed E-state index contributed by atoms with van der Waals surface area (Å²) in [5.41, 5.74) is 1.71. The number of aldehydes is 1. The van der Waals surface area contributed by atoms with Gasteiger partial charge in [-0.2, -0.15) is 0 Å². The number of methoxy groups -OCH3 is 1. The van der Waals surface area contributed by atoms with E-state index in [2.05, 4.69) is 15.9 Å². The van der Waals surface area contributed by atoms with Gasteiger partial charge in [-0.05, 0) is 40.2 Å². The summed E-state index contributed by atoms with van der Waals surface area (Å²) in [4.78, 5) is 23.9. The highest BCUT2D eigenvalue weighted by Gasteiger charge is 2.15. The van der Waals surface area contributed by atoms with Gasteiger partial charge >= 0.3 is 0 Å². The summed E-state index contributed by atoms with van der Waals surface area (Å²) in [7, 11) is 1.57. The molecule has 5 heteroatoms. The van der Waals surface area contributed by atoms with E-state index in [-0.39, 0.29) is 5.91 Å². The van der Waals surface area contributed by atoms with Gasteiger partial charge in [0.1, 0.15) is 5.75 Å². The lowest BCUT2D eigenvalue weighted by Crippen LogP contribution is -2.10. The Morgan fingerprint density at radius 1 is 1.23 bits per heavy atom. The van der Waals surface area contributed by atoms with Gasteiger partial charge < -0.3 is 4.74 Å². The second-order valence-electron chi connectivity index (χ2n) is 4.74. The minimum absolute atomic E-state index is 0.201. The van der Waals surface area contributed by atoms with Crippen LogP contribution in [0.15, 0.2) is 53.1 Å². The molecule has 3 rings (SSSR count). The monoisotopic (exact) mass is 357 g/mol. The standard InChI is InChI=1S/C17H12BrNO3/c1-22-16-7-6-11(8-14(16)18)17(21)19-9-12(10-20)13-4-2-3-5-15(13)19/h2-10H,1H3. The average molecular weight is 358 g/mol. The second kappa shape index (κ2) is 5.77. The third-order valence-corrected chi connectivity index (χ3v) is 4.11. The van der Waals surface area contributed by atoms with Crippen LogP contribution in [0.25, 0.3) is 10.9 Å². The summed E-state index contributed by atoms with van der Waals surface area (Å²) in [6, 6.07) is 12.5. The molecule has 0 saturated heterocycles. The maximum atomic E-state index is 12.7. The number of hydrogen-bond donors (Lipinski definition) is 0. The van der Waals surface area contributed by atoms with Crippen LogP contribution in [0.5, 0.6) is 5.75 Å². The van der Waals surface area contributed by atoms with Crippen molar-refractivity contribution in [2.24, 2.45) is 0 Å².